The Kier molecular flexibility index (Phi) is 5.45. The van der Waals surface area contributed by atoms with Gasteiger partial charge in [-0.15, -0.1) is 11.3 Å². The highest BCUT2D eigenvalue weighted by Crippen LogP contribution is 2.26. The van der Waals surface area contributed by atoms with Crippen LogP contribution in [0.25, 0.3) is 0 Å². The van der Waals surface area contributed by atoms with E-state index in [4.69, 9.17) is 5.11 Å². The summed E-state index contributed by atoms with van der Waals surface area (Å²) < 4.78 is 0. The molecule has 0 aromatic carbocycles. The molecule has 20 heavy (non-hydrogen) atoms. The molecule has 0 aliphatic rings. The topological polar surface area (TPSA) is 95.5 Å². The highest BCUT2D eigenvalue weighted by Gasteiger charge is 2.22. The van der Waals surface area contributed by atoms with E-state index in [1.54, 1.807) is 11.3 Å². The van der Waals surface area contributed by atoms with Gasteiger partial charge in [0.25, 0.3) is 5.91 Å². The Morgan fingerprint density at radius 2 is 2.05 bits per heavy atom. The van der Waals surface area contributed by atoms with Crippen molar-refractivity contribution in [2.75, 3.05) is 6.54 Å². The van der Waals surface area contributed by atoms with E-state index in [1.165, 1.54) is 0 Å². The van der Waals surface area contributed by atoms with Gasteiger partial charge in [-0.25, -0.2) is 9.59 Å². The van der Waals surface area contributed by atoms with Crippen LogP contribution in [0.5, 0.6) is 0 Å². The van der Waals surface area contributed by atoms with Crippen molar-refractivity contribution < 1.29 is 19.5 Å². The number of carboxylic acids is 1. The van der Waals surface area contributed by atoms with E-state index < -0.39 is 17.9 Å². The van der Waals surface area contributed by atoms with E-state index in [0.717, 1.165) is 11.0 Å². The van der Waals surface area contributed by atoms with E-state index in [-0.39, 0.29) is 5.41 Å². The number of nitrogens with one attached hydrogen (secondary N) is 2. The van der Waals surface area contributed by atoms with Gasteiger partial charge in [-0.1, -0.05) is 19.9 Å². The summed E-state index contributed by atoms with van der Waals surface area (Å²) in [6.07, 6.45) is 1.45. The molecule has 0 unspecified atom stereocenters. The van der Waals surface area contributed by atoms with Crippen LogP contribution < -0.4 is 10.6 Å². The second kappa shape index (κ2) is 6.85. The summed E-state index contributed by atoms with van der Waals surface area (Å²) in [6, 6.07) is 3.25. The van der Waals surface area contributed by atoms with Crippen molar-refractivity contribution in [1.82, 2.24) is 10.6 Å². The number of hydrogen-bond acceptors (Lipinski definition) is 4. The summed E-state index contributed by atoms with van der Waals surface area (Å²) in [5.41, 5.74) is -0.245. The Morgan fingerprint density at radius 1 is 1.35 bits per heavy atom. The van der Waals surface area contributed by atoms with Crippen LogP contribution in [0, 0.1) is 0 Å². The van der Waals surface area contributed by atoms with Crippen LogP contribution in [0.2, 0.25) is 0 Å². The minimum Gasteiger partial charge on any atom is -0.478 e. The van der Waals surface area contributed by atoms with Gasteiger partial charge in [0.1, 0.15) is 0 Å². The van der Waals surface area contributed by atoms with E-state index in [1.807, 2.05) is 36.7 Å². The molecule has 0 radical (unpaired) electrons. The van der Waals surface area contributed by atoms with Crippen molar-refractivity contribution in [3.05, 3.63) is 34.5 Å². The standard InChI is InChI=1S/C13H16N2O4S/c1-13(2,9-4-3-7-20-9)8-14-12(19)15-10(16)5-6-11(17)18/h3-7H,8H2,1-2H3,(H,17,18)(H2,14,15,16,19)/b6-5+. The highest BCUT2D eigenvalue weighted by atomic mass is 32.1. The average Bonchev–Trinajstić information content (AvgIpc) is 2.88. The van der Waals surface area contributed by atoms with Gasteiger partial charge in [-0.2, -0.15) is 0 Å². The van der Waals surface area contributed by atoms with Crippen molar-refractivity contribution in [3.8, 4) is 0 Å². The van der Waals surface area contributed by atoms with Gasteiger partial charge in [0, 0.05) is 29.0 Å². The zero-order valence-electron chi connectivity index (χ0n) is 11.2. The molecule has 0 fully saturated rings. The van der Waals surface area contributed by atoms with Gasteiger partial charge in [-0.3, -0.25) is 10.1 Å². The predicted octanol–water partition coefficient (Wildman–Crippen LogP) is 1.49. The van der Waals surface area contributed by atoms with Crippen LogP contribution >= 0.6 is 11.3 Å². The van der Waals surface area contributed by atoms with Crippen molar-refractivity contribution in [1.29, 1.82) is 0 Å². The Hall–Kier alpha value is -2.15. The summed E-state index contributed by atoms with van der Waals surface area (Å²) in [4.78, 5) is 34.0. The molecule has 108 valence electrons. The molecule has 0 bridgehead atoms. The largest absolute Gasteiger partial charge is 0.478 e. The van der Waals surface area contributed by atoms with Crippen LogP contribution in [0.15, 0.2) is 29.7 Å². The van der Waals surface area contributed by atoms with Gasteiger partial charge in [0.05, 0.1) is 0 Å². The monoisotopic (exact) mass is 296 g/mol. The fraction of sp³-hybridized carbons (Fsp3) is 0.308. The summed E-state index contributed by atoms with van der Waals surface area (Å²) >= 11 is 1.59. The van der Waals surface area contributed by atoms with Gasteiger partial charge in [-0.05, 0) is 11.4 Å². The second-order valence-electron chi connectivity index (χ2n) is 4.70. The third kappa shape index (κ3) is 5.23. The molecule has 0 aliphatic heterocycles. The molecule has 0 atom stereocenters. The Balaban J connectivity index is 2.44. The van der Waals surface area contributed by atoms with Gasteiger partial charge < -0.3 is 10.4 Å². The smallest absolute Gasteiger partial charge is 0.328 e. The SMILES string of the molecule is CC(C)(CNC(=O)NC(=O)/C=C/C(=O)O)c1cccs1. The van der Waals surface area contributed by atoms with Gasteiger partial charge in [0.15, 0.2) is 0 Å². The van der Waals surface area contributed by atoms with Crippen molar-refractivity contribution >= 4 is 29.2 Å². The molecule has 3 N–H and O–H groups in total. The molecule has 3 amide bonds. The highest BCUT2D eigenvalue weighted by molar-refractivity contribution is 7.10. The molecule has 1 aromatic rings. The van der Waals surface area contributed by atoms with Crippen LogP contribution in [0.1, 0.15) is 18.7 Å². The number of carboxylic acid groups (broad SMARTS) is 1. The number of carbonyl (C=O) groups is 3. The molecular formula is C13H16N2O4S. The van der Waals surface area contributed by atoms with Crippen LogP contribution in [-0.4, -0.2) is 29.6 Å². The quantitative estimate of drug-likeness (QED) is 0.717. The summed E-state index contributed by atoms with van der Waals surface area (Å²) in [5, 5.41) is 14.9. The molecule has 6 nitrogen and oxygen atoms in total. The zero-order chi connectivity index (χ0) is 15.2. The third-order valence-electron chi connectivity index (χ3n) is 2.49. The second-order valence-corrected chi connectivity index (χ2v) is 5.65. The Bertz CT molecular complexity index is 520. The lowest BCUT2D eigenvalue weighted by molar-refractivity contribution is -0.131. The number of urea groups is 1. The van der Waals surface area contributed by atoms with Crippen molar-refractivity contribution in [3.63, 3.8) is 0 Å². The van der Waals surface area contributed by atoms with Crippen molar-refractivity contribution in [2.45, 2.75) is 19.3 Å². The molecular weight excluding hydrogens is 280 g/mol. The van der Waals surface area contributed by atoms with Crippen LogP contribution in [0.4, 0.5) is 4.79 Å². The fourth-order valence-electron chi connectivity index (χ4n) is 1.40. The molecule has 1 rings (SSSR count). The van der Waals surface area contributed by atoms with E-state index >= 15 is 0 Å². The lowest BCUT2D eigenvalue weighted by Crippen LogP contribution is -2.43. The Morgan fingerprint density at radius 3 is 2.60 bits per heavy atom. The number of carbonyl (C=O) groups excluding carboxylic acids is 2. The first kappa shape index (κ1) is 15.9. The Labute approximate surface area is 120 Å². The maximum absolute atomic E-state index is 11.5. The first-order chi connectivity index (χ1) is 9.31. The van der Waals surface area contributed by atoms with Crippen LogP contribution in [0.3, 0.4) is 0 Å². The lowest BCUT2D eigenvalue weighted by atomic mass is 9.91. The minimum atomic E-state index is -1.25. The van der Waals surface area contributed by atoms with E-state index in [0.29, 0.717) is 12.6 Å². The molecule has 1 heterocycles. The number of thiophene rings is 1. The summed E-state index contributed by atoms with van der Waals surface area (Å²) in [7, 11) is 0. The number of rotatable bonds is 5. The number of imide groups is 1. The zero-order valence-corrected chi connectivity index (χ0v) is 12.0. The fourth-order valence-corrected chi connectivity index (χ4v) is 2.25. The van der Waals surface area contributed by atoms with E-state index in [9.17, 15) is 14.4 Å². The normalized spacial score (nSPS) is 11.3. The molecule has 0 aliphatic carbocycles. The molecule has 0 spiro atoms. The predicted molar refractivity (Wildman–Crippen MR) is 75.7 cm³/mol. The molecule has 1 aromatic heterocycles. The molecule has 7 heteroatoms. The number of amides is 3. The van der Waals surface area contributed by atoms with Crippen LogP contribution in [-0.2, 0) is 15.0 Å². The first-order valence-electron chi connectivity index (χ1n) is 5.85. The minimum absolute atomic E-state index is 0.245. The molecule has 0 saturated heterocycles. The maximum atomic E-state index is 11.5. The first-order valence-corrected chi connectivity index (χ1v) is 6.73. The number of aliphatic carboxylic acids is 1. The van der Waals surface area contributed by atoms with E-state index in [2.05, 4.69) is 5.32 Å². The maximum Gasteiger partial charge on any atom is 0.328 e. The average molecular weight is 296 g/mol. The van der Waals surface area contributed by atoms with Crippen molar-refractivity contribution in [2.24, 2.45) is 0 Å². The summed E-state index contributed by atoms with van der Waals surface area (Å²) in [6.45, 7) is 4.31. The lowest BCUT2D eigenvalue weighted by Gasteiger charge is -2.23. The summed E-state index contributed by atoms with van der Waals surface area (Å²) in [5.74, 6) is -2.03. The van der Waals surface area contributed by atoms with Gasteiger partial charge in [0.2, 0.25) is 0 Å². The molecule has 0 saturated carbocycles. The number of hydrogen-bond donors (Lipinski definition) is 3. The third-order valence-corrected chi connectivity index (χ3v) is 3.73. The van der Waals surface area contributed by atoms with Gasteiger partial charge >= 0.3 is 12.0 Å².